The number of nitrogens with one attached hydrogen (secondary N) is 2. The highest BCUT2D eigenvalue weighted by Crippen LogP contribution is 2.33. The number of aromatic nitrogens is 3. The van der Waals surface area contributed by atoms with E-state index in [9.17, 15) is 9.59 Å². The van der Waals surface area contributed by atoms with E-state index in [0.717, 1.165) is 60.9 Å². The summed E-state index contributed by atoms with van der Waals surface area (Å²) in [7, 11) is 0. The van der Waals surface area contributed by atoms with Crippen LogP contribution in [0.15, 0.2) is 63.0 Å². The van der Waals surface area contributed by atoms with Crippen LogP contribution in [0, 0.1) is 6.92 Å². The summed E-state index contributed by atoms with van der Waals surface area (Å²) in [6, 6.07) is 9.49. The Kier molecular flexibility index (Phi) is 8.09. The standard InChI is InChI=1S/C31H34N6O5/c1-20-7-8-21-17-22(9-10-23(21)35-20)27-19-34-29(41-27)24(5-3-2-4-6-26(38)30-33-15-16-40-30)36-28(39)25-18-31(42-37-25)11-13-32-14-12-31/h7-10,15-17,19,24,32H,2-6,11-14,18H2,1H3,(H,36,39)/t24-/m0/s1. The fourth-order valence-electron chi connectivity index (χ4n) is 5.53. The Balaban J connectivity index is 1.14. The van der Waals surface area contributed by atoms with Gasteiger partial charge in [-0.15, -0.1) is 0 Å². The first-order valence-corrected chi connectivity index (χ1v) is 14.5. The van der Waals surface area contributed by atoms with Gasteiger partial charge >= 0.3 is 0 Å². The van der Waals surface area contributed by atoms with E-state index in [0.29, 0.717) is 43.0 Å². The van der Waals surface area contributed by atoms with Gasteiger partial charge in [0.15, 0.2) is 5.76 Å². The molecule has 218 valence electrons. The van der Waals surface area contributed by atoms with Crippen LogP contribution >= 0.6 is 0 Å². The molecule has 1 saturated heterocycles. The van der Waals surface area contributed by atoms with Crippen LogP contribution in [0.2, 0.25) is 0 Å². The molecule has 0 radical (unpaired) electrons. The summed E-state index contributed by atoms with van der Waals surface area (Å²) < 4.78 is 11.3. The summed E-state index contributed by atoms with van der Waals surface area (Å²) in [5.74, 6) is 0.777. The molecule has 1 aromatic carbocycles. The highest BCUT2D eigenvalue weighted by molar-refractivity contribution is 6.39. The summed E-state index contributed by atoms with van der Waals surface area (Å²) in [4.78, 5) is 44.4. The second kappa shape index (κ2) is 12.2. The lowest BCUT2D eigenvalue weighted by Crippen LogP contribution is -2.43. The van der Waals surface area contributed by atoms with Gasteiger partial charge in [-0.2, -0.15) is 0 Å². The minimum atomic E-state index is -0.467. The topological polar surface area (TPSA) is 145 Å². The Morgan fingerprint density at radius 3 is 2.81 bits per heavy atom. The van der Waals surface area contributed by atoms with Crippen LogP contribution in [-0.2, 0) is 9.63 Å². The highest BCUT2D eigenvalue weighted by atomic mass is 16.7. The molecule has 6 rings (SSSR count). The van der Waals surface area contributed by atoms with Crippen LogP contribution < -0.4 is 10.6 Å². The van der Waals surface area contributed by atoms with Crippen molar-refractivity contribution in [3.63, 3.8) is 0 Å². The number of rotatable bonds is 11. The number of fused-ring (bicyclic) bond motifs is 1. The number of unbranched alkanes of at least 4 members (excludes halogenated alkanes) is 2. The quantitative estimate of drug-likeness (QED) is 0.186. The third-order valence-electron chi connectivity index (χ3n) is 7.92. The molecule has 1 spiro atoms. The van der Waals surface area contributed by atoms with Crippen molar-refractivity contribution in [1.29, 1.82) is 0 Å². The van der Waals surface area contributed by atoms with E-state index in [1.165, 1.54) is 12.5 Å². The smallest absolute Gasteiger partial charge is 0.269 e. The second-order valence-electron chi connectivity index (χ2n) is 11.0. The number of pyridine rings is 1. The van der Waals surface area contributed by atoms with Crippen molar-refractivity contribution in [2.75, 3.05) is 13.1 Å². The summed E-state index contributed by atoms with van der Waals surface area (Å²) >= 11 is 0. The van der Waals surface area contributed by atoms with E-state index < -0.39 is 11.6 Å². The molecule has 0 aliphatic carbocycles. The molecule has 4 aromatic rings. The maximum atomic E-state index is 13.3. The van der Waals surface area contributed by atoms with Crippen molar-refractivity contribution < 1.29 is 23.3 Å². The van der Waals surface area contributed by atoms with E-state index in [-0.39, 0.29) is 17.6 Å². The minimum Gasteiger partial charge on any atom is -0.442 e. The van der Waals surface area contributed by atoms with E-state index in [1.54, 1.807) is 6.20 Å². The Labute approximate surface area is 243 Å². The van der Waals surface area contributed by atoms with Gasteiger partial charge in [0.2, 0.25) is 11.7 Å². The number of benzene rings is 1. The molecule has 2 aliphatic heterocycles. The summed E-state index contributed by atoms with van der Waals surface area (Å²) in [5, 5.41) is 11.6. The predicted octanol–water partition coefficient (Wildman–Crippen LogP) is 5.08. The first-order valence-electron chi connectivity index (χ1n) is 14.5. The average Bonchev–Trinajstić information content (AvgIpc) is 3.79. The third-order valence-corrected chi connectivity index (χ3v) is 7.92. The number of nitrogens with zero attached hydrogens (tertiary/aromatic N) is 4. The van der Waals surface area contributed by atoms with Crippen LogP contribution in [0.1, 0.15) is 79.7 Å². The molecule has 5 heterocycles. The molecular weight excluding hydrogens is 536 g/mol. The van der Waals surface area contributed by atoms with Gasteiger partial charge in [-0.1, -0.05) is 24.1 Å². The number of carbonyl (C=O) groups is 2. The van der Waals surface area contributed by atoms with Crippen molar-refractivity contribution in [2.24, 2.45) is 5.16 Å². The van der Waals surface area contributed by atoms with Crippen molar-refractivity contribution >= 4 is 28.3 Å². The molecule has 1 amide bonds. The number of Topliss-reactive ketones (excluding diaryl/α,β-unsaturated/α-hetero) is 1. The van der Waals surface area contributed by atoms with Crippen molar-refractivity contribution in [3.8, 4) is 11.3 Å². The summed E-state index contributed by atoms with van der Waals surface area (Å²) in [6.07, 6.45) is 9.81. The maximum absolute atomic E-state index is 13.3. The van der Waals surface area contributed by atoms with Gasteiger partial charge in [0, 0.05) is 42.3 Å². The van der Waals surface area contributed by atoms with Crippen LogP contribution in [-0.4, -0.2) is 51.0 Å². The fraction of sp³-hybridized carbons (Fsp3) is 0.419. The van der Waals surface area contributed by atoms with Crippen LogP contribution in [0.3, 0.4) is 0 Å². The Bertz CT molecular complexity index is 1590. The van der Waals surface area contributed by atoms with Crippen LogP contribution in [0.5, 0.6) is 0 Å². The lowest BCUT2D eigenvalue weighted by Gasteiger charge is -2.30. The number of piperidine rings is 1. The van der Waals surface area contributed by atoms with E-state index in [2.05, 4.69) is 30.7 Å². The fourth-order valence-corrected chi connectivity index (χ4v) is 5.53. The van der Waals surface area contributed by atoms with Crippen LogP contribution in [0.25, 0.3) is 22.2 Å². The molecule has 0 bridgehead atoms. The molecule has 1 fully saturated rings. The normalized spacial score (nSPS) is 16.7. The Morgan fingerprint density at radius 2 is 1.98 bits per heavy atom. The zero-order valence-corrected chi connectivity index (χ0v) is 23.6. The molecular formula is C31H34N6O5. The SMILES string of the molecule is Cc1ccc2cc(-c3cnc([C@H](CCCCCC(=O)c4ncco4)NC(=O)C4=NOC5(CCNCC5)C4)o3)ccc2n1. The molecule has 2 aliphatic rings. The number of aryl methyl sites for hydroxylation is 1. The number of oxime groups is 1. The molecule has 42 heavy (non-hydrogen) atoms. The van der Waals surface area contributed by atoms with Gasteiger partial charge in [-0.05, 0) is 57.1 Å². The van der Waals surface area contributed by atoms with Gasteiger partial charge in [-0.25, -0.2) is 9.97 Å². The third kappa shape index (κ3) is 6.25. The first kappa shape index (κ1) is 27.8. The van der Waals surface area contributed by atoms with Gasteiger partial charge in [0.05, 0.1) is 17.9 Å². The summed E-state index contributed by atoms with van der Waals surface area (Å²) in [5.41, 5.74) is 2.74. The zero-order chi connectivity index (χ0) is 28.9. The minimum absolute atomic E-state index is 0.117. The van der Waals surface area contributed by atoms with E-state index in [1.807, 2.05) is 37.3 Å². The van der Waals surface area contributed by atoms with Gasteiger partial charge in [0.1, 0.15) is 23.6 Å². The predicted molar refractivity (Wildman–Crippen MR) is 155 cm³/mol. The molecule has 2 N–H and O–H groups in total. The Hall–Kier alpha value is -4.38. The van der Waals surface area contributed by atoms with Gasteiger partial charge in [-0.3, -0.25) is 14.6 Å². The Morgan fingerprint density at radius 1 is 1.10 bits per heavy atom. The van der Waals surface area contributed by atoms with E-state index >= 15 is 0 Å². The van der Waals surface area contributed by atoms with Crippen molar-refractivity contribution in [3.05, 3.63) is 66.5 Å². The number of hydrogen-bond donors (Lipinski definition) is 2. The number of ketones is 1. The van der Waals surface area contributed by atoms with Gasteiger partial charge < -0.3 is 24.3 Å². The van der Waals surface area contributed by atoms with Gasteiger partial charge in [0.25, 0.3) is 11.8 Å². The number of carbonyl (C=O) groups excluding carboxylic acids is 2. The average molecular weight is 571 g/mol. The number of hydrogen-bond acceptors (Lipinski definition) is 10. The van der Waals surface area contributed by atoms with E-state index in [4.69, 9.17) is 13.7 Å². The molecule has 11 heteroatoms. The maximum Gasteiger partial charge on any atom is 0.269 e. The zero-order valence-electron chi connectivity index (χ0n) is 23.6. The molecule has 1 atom stereocenters. The number of amides is 1. The lowest BCUT2D eigenvalue weighted by atomic mass is 9.87. The monoisotopic (exact) mass is 570 g/mol. The molecule has 0 saturated carbocycles. The van der Waals surface area contributed by atoms with Crippen molar-refractivity contribution in [2.45, 2.75) is 69.9 Å². The van der Waals surface area contributed by atoms with Crippen LogP contribution in [0.4, 0.5) is 0 Å². The lowest BCUT2D eigenvalue weighted by molar-refractivity contribution is -0.115. The molecule has 0 unspecified atom stereocenters. The number of oxazole rings is 2. The largest absolute Gasteiger partial charge is 0.442 e. The molecule has 3 aromatic heterocycles. The molecule has 11 nitrogen and oxygen atoms in total. The first-order chi connectivity index (χ1) is 20.5. The highest BCUT2D eigenvalue weighted by Gasteiger charge is 2.42. The summed E-state index contributed by atoms with van der Waals surface area (Å²) in [6.45, 7) is 3.65. The van der Waals surface area contributed by atoms with Crippen molar-refractivity contribution in [1.82, 2.24) is 25.6 Å². The second-order valence-corrected chi connectivity index (χ2v) is 11.0.